The molecule has 1 aliphatic heterocycles. The maximum absolute atomic E-state index is 12.6. The summed E-state index contributed by atoms with van der Waals surface area (Å²) in [4.78, 5) is 39.6. The summed E-state index contributed by atoms with van der Waals surface area (Å²) in [5.41, 5.74) is 0.419. The molecule has 3 rings (SSSR count). The minimum atomic E-state index is -0.396. The summed E-state index contributed by atoms with van der Waals surface area (Å²) < 4.78 is 1.28. The zero-order valence-electron chi connectivity index (χ0n) is 13.2. The van der Waals surface area contributed by atoms with Crippen LogP contribution in [0.15, 0.2) is 23.1 Å². The Bertz CT molecular complexity index is 807. The van der Waals surface area contributed by atoms with E-state index < -0.39 is 5.69 Å². The Morgan fingerprint density at radius 1 is 1.30 bits per heavy atom. The average Bonchev–Trinajstić information content (AvgIpc) is 2.89. The molecule has 2 amide bonds. The Balaban J connectivity index is 1.76. The highest BCUT2D eigenvalue weighted by Crippen LogP contribution is 2.11. The van der Waals surface area contributed by atoms with E-state index in [9.17, 15) is 14.4 Å². The lowest BCUT2D eigenvalue weighted by Crippen LogP contribution is -2.53. The van der Waals surface area contributed by atoms with Crippen LogP contribution < -0.4 is 5.69 Å². The number of aromatic nitrogens is 3. The van der Waals surface area contributed by atoms with Crippen LogP contribution in [0.4, 0.5) is 0 Å². The number of nitrogens with zero attached hydrogens (tertiary/aromatic N) is 4. The van der Waals surface area contributed by atoms with Gasteiger partial charge in [-0.2, -0.15) is 5.10 Å². The number of amides is 2. The Labute approximate surface area is 132 Å². The third-order valence-corrected chi connectivity index (χ3v) is 3.85. The summed E-state index contributed by atoms with van der Waals surface area (Å²) in [6.07, 6.45) is 1.45. The van der Waals surface area contributed by atoms with Gasteiger partial charge in [-0.25, -0.2) is 14.3 Å². The third-order valence-electron chi connectivity index (χ3n) is 3.85. The lowest BCUT2D eigenvalue weighted by atomic mass is 10.1. The van der Waals surface area contributed by atoms with Gasteiger partial charge in [0.15, 0.2) is 5.65 Å². The summed E-state index contributed by atoms with van der Waals surface area (Å²) in [7, 11) is 0. The number of carbonyl (C=O) groups excluding carboxylic acids is 2. The smallest absolute Gasteiger partial charge is 0.339 e. The standard InChI is InChI=1S/C15H19N5O3/c1-10(2)7-18-5-6-19(9-13(18)21)14(22)11-3-4-12-16-17-15(23)20(12)8-11/h3-4,8,10H,5-7,9H2,1-2H3,(H,17,23). The van der Waals surface area contributed by atoms with Gasteiger partial charge < -0.3 is 9.80 Å². The fourth-order valence-electron chi connectivity index (χ4n) is 2.73. The summed E-state index contributed by atoms with van der Waals surface area (Å²) in [5, 5.41) is 6.15. The van der Waals surface area contributed by atoms with Gasteiger partial charge in [0.25, 0.3) is 5.91 Å². The number of nitrogens with one attached hydrogen (secondary N) is 1. The average molecular weight is 317 g/mol. The van der Waals surface area contributed by atoms with Gasteiger partial charge in [0.1, 0.15) is 6.54 Å². The first-order valence-electron chi connectivity index (χ1n) is 7.59. The van der Waals surface area contributed by atoms with E-state index in [2.05, 4.69) is 24.0 Å². The summed E-state index contributed by atoms with van der Waals surface area (Å²) in [5.74, 6) is 0.106. The van der Waals surface area contributed by atoms with Crippen LogP contribution in [-0.4, -0.2) is 62.4 Å². The van der Waals surface area contributed by atoms with E-state index in [-0.39, 0.29) is 18.4 Å². The summed E-state index contributed by atoms with van der Waals surface area (Å²) in [6.45, 7) is 5.93. The zero-order valence-corrected chi connectivity index (χ0v) is 13.2. The van der Waals surface area contributed by atoms with Gasteiger partial charge in [-0.15, -0.1) is 0 Å². The van der Waals surface area contributed by atoms with Gasteiger partial charge in [0.2, 0.25) is 5.91 Å². The molecule has 8 heteroatoms. The lowest BCUT2D eigenvalue weighted by molar-refractivity contribution is -0.135. The van der Waals surface area contributed by atoms with Crippen molar-refractivity contribution in [2.75, 3.05) is 26.2 Å². The molecule has 0 aliphatic carbocycles. The molecule has 1 aliphatic rings. The molecule has 23 heavy (non-hydrogen) atoms. The van der Waals surface area contributed by atoms with E-state index in [0.717, 1.165) is 0 Å². The first kappa shape index (κ1) is 15.3. The van der Waals surface area contributed by atoms with Gasteiger partial charge in [-0.3, -0.25) is 9.59 Å². The van der Waals surface area contributed by atoms with Crippen molar-refractivity contribution in [2.24, 2.45) is 5.92 Å². The molecule has 8 nitrogen and oxygen atoms in total. The second kappa shape index (κ2) is 5.86. The van der Waals surface area contributed by atoms with Crippen LogP contribution in [0, 0.1) is 5.92 Å². The van der Waals surface area contributed by atoms with Crippen molar-refractivity contribution in [3.05, 3.63) is 34.4 Å². The summed E-state index contributed by atoms with van der Waals surface area (Å²) >= 11 is 0. The number of H-pyrrole nitrogens is 1. The Kier molecular flexibility index (Phi) is 3.89. The molecule has 0 unspecified atom stereocenters. The second-order valence-corrected chi connectivity index (χ2v) is 6.14. The van der Waals surface area contributed by atoms with E-state index in [0.29, 0.717) is 36.8 Å². The minimum absolute atomic E-state index is 0.0418. The van der Waals surface area contributed by atoms with Crippen molar-refractivity contribution in [1.82, 2.24) is 24.4 Å². The first-order chi connectivity index (χ1) is 11.0. The predicted octanol–water partition coefficient (Wildman–Crippen LogP) is -0.0370. The zero-order chi connectivity index (χ0) is 16.6. The molecular weight excluding hydrogens is 298 g/mol. The van der Waals surface area contributed by atoms with Crippen LogP contribution in [-0.2, 0) is 4.79 Å². The molecule has 2 aromatic rings. The lowest BCUT2D eigenvalue weighted by Gasteiger charge is -2.35. The largest absolute Gasteiger partial charge is 0.347 e. The Hall–Kier alpha value is -2.64. The minimum Gasteiger partial charge on any atom is -0.339 e. The molecule has 2 aromatic heterocycles. The third kappa shape index (κ3) is 2.96. The molecule has 0 spiro atoms. The molecule has 1 saturated heterocycles. The maximum Gasteiger partial charge on any atom is 0.347 e. The number of fused-ring (bicyclic) bond motifs is 1. The number of aromatic amines is 1. The van der Waals surface area contributed by atoms with E-state index in [1.807, 2.05) is 0 Å². The number of hydrogen-bond donors (Lipinski definition) is 1. The van der Waals surface area contributed by atoms with E-state index in [1.165, 1.54) is 15.5 Å². The molecule has 1 N–H and O–H groups in total. The molecule has 0 bridgehead atoms. The van der Waals surface area contributed by atoms with E-state index in [4.69, 9.17) is 0 Å². The molecular formula is C15H19N5O3. The number of piperazine rings is 1. The predicted molar refractivity (Wildman–Crippen MR) is 83.1 cm³/mol. The number of carbonyl (C=O) groups is 2. The fourth-order valence-corrected chi connectivity index (χ4v) is 2.73. The van der Waals surface area contributed by atoms with Crippen molar-refractivity contribution in [3.63, 3.8) is 0 Å². The molecule has 0 aromatic carbocycles. The fraction of sp³-hybridized carbons (Fsp3) is 0.467. The van der Waals surface area contributed by atoms with Crippen LogP contribution in [0.25, 0.3) is 5.65 Å². The SMILES string of the molecule is CC(C)CN1CCN(C(=O)c2ccc3n[nH]c(=O)n3c2)CC1=O. The molecule has 3 heterocycles. The number of pyridine rings is 1. The first-order valence-corrected chi connectivity index (χ1v) is 7.59. The van der Waals surface area contributed by atoms with E-state index in [1.54, 1.807) is 17.0 Å². The van der Waals surface area contributed by atoms with Gasteiger partial charge in [-0.05, 0) is 18.1 Å². The highest BCUT2D eigenvalue weighted by molar-refractivity contribution is 5.97. The van der Waals surface area contributed by atoms with Crippen molar-refractivity contribution < 1.29 is 9.59 Å². The highest BCUT2D eigenvalue weighted by Gasteiger charge is 2.28. The van der Waals surface area contributed by atoms with Gasteiger partial charge >= 0.3 is 5.69 Å². The van der Waals surface area contributed by atoms with Crippen LogP contribution in [0.1, 0.15) is 24.2 Å². The topological polar surface area (TPSA) is 90.8 Å². The van der Waals surface area contributed by atoms with Crippen molar-refractivity contribution in [2.45, 2.75) is 13.8 Å². The number of hydrogen-bond acceptors (Lipinski definition) is 4. The number of rotatable bonds is 3. The molecule has 0 radical (unpaired) electrons. The van der Waals surface area contributed by atoms with Crippen LogP contribution in [0.2, 0.25) is 0 Å². The quantitative estimate of drug-likeness (QED) is 0.860. The molecule has 0 atom stereocenters. The van der Waals surface area contributed by atoms with Gasteiger partial charge in [-0.1, -0.05) is 13.8 Å². The van der Waals surface area contributed by atoms with Crippen LogP contribution in [0.3, 0.4) is 0 Å². The van der Waals surface area contributed by atoms with Crippen molar-refractivity contribution in [3.8, 4) is 0 Å². The summed E-state index contributed by atoms with van der Waals surface area (Å²) in [6, 6.07) is 3.21. The van der Waals surface area contributed by atoms with Crippen molar-refractivity contribution in [1.29, 1.82) is 0 Å². The molecule has 1 fully saturated rings. The monoisotopic (exact) mass is 317 g/mol. The van der Waals surface area contributed by atoms with Gasteiger partial charge in [0.05, 0.1) is 5.56 Å². The van der Waals surface area contributed by atoms with E-state index >= 15 is 0 Å². The molecule has 0 saturated carbocycles. The molecule has 122 valence electrons. The van der Waals surface area contributed by atoms with Crippen LogP contribution >= 0.6 is 0 Å². The van der Waals surface area contributed by atoms with Crippen LogP contribution in [0.5, 0.6) is 0 Å². The normalized spacial score (nSPS) is 15.7. The Morgan fingerprint density at radius 2 is 2.09 bits per heavy atom. The van der Waals surface area contributed by atoms with Gasteiger partial charge in [0, 0.05) is 25.8 Å². The second-order valence-electron chi connectivity index (χ2n) is 6.14. The maximum atomic E-state index is 12.6. The highest BCUT2D eigenvalue weighted by atomic mass is 16.2. The Morgan fingerprint density at radius 3 is 2.78 bits per heavy atom. The van der Waals surface area contributed by atoms with Crippen molar-refractivity contribution >= 4 is 17.5 Å².